The molecule has 234 valence electrons. The average molecular weight is 594 g/mol. The van der Waals surface area contributed by atoms with Gasteiger partial charge < -0.3 is 29.7 Å². The first kappa shape index (κ1) is 31.2. The number of aliphatic carboxylic acids is 1. The molecule has 10 heteroatoms. The summed E-state index contributed by atoms with van der Waals surface area (Å²) < 4.78 is 11.6. The lowest BCUT2D eigenvalue weighted by atomic mass is 9.72. The summed E-state index contributed by atoms with van der Waals surface area (Å²) in [4.78, 5) is 40.4. The predicted octanol–water partition coefficient (Wildman–Crippen LogP) is 4.55. The predicted molar refractivity (Wildman–Crippen MR) is 164 cm³/mol. The van der Waals surface area contributed by atoms with Crippen LogP contribution in [0.2, 0.25) is 0 Å². The minimum atomic E-state index is -1.06. The van der Waals surface area contributed by atoms with Crippen molar-refractivity contribution in [2.45, 2.75) is 96.0 Å². The van der Waals surface area contributed by atoms with Crippen molar-refractivity contribution in [1.29, 1.82) is 0 Å². The number of nitrogens with one attached hydrogen (secondary N) is 1. The number of carbonyl (C=O) groups is 2. The van der Waals surface area contributed by atoms with Crippen LogP contribution >= 0.6 is 0 Å². The van der Waals surface area contributed by atoms with Crippen molar-refractivity contribution >= 4 is 17.7 Å². The Kier molecular flexibility index (Phi) is 9.27. The fraction of sp³-hybridized carbons (Fsp3) is 0.636. The molecular weight excluding hydrogens is 546 g/mol. The number of rotatable bonds is 9. The largest absolute Gasteiger partial charge is 0.481 e. The molecule has 0 aromatic carbocycles. The van der Waals surface area contributed by atoms with Gasteiger partial charge in [-0.05, 0) is 61.1 Å². The Hall–Kier alpha value is -3.24. The zero-order valence-electron chi connectivity index (χ0n) is 26.4. The van der Waals surface area contributed by atoms with Gasteiger partial charge in [-0.1, -0.05) is 33.3 Å². The van der Waals surface area contributed by atoms with Crippen LogP contribution in [0.15, 0.2) is 30.6 Å². The van der Waals surface area contributed by atoms with Crippen molar-refractivity contribution in [3.05, 3.63) is 47.3 Å². The molecule has 1 aliphatic carbocycles. The molecule has 1 unspecified atom stereocenters. The highest BCUT2D eigenvalue weighted by Crippen LogP contribution is 2.50. The maximum atomic E-state index is 14.4. The highest BCUT2D eigenvalue weighted by Gasteiger charge is 2.59. The van der Waals surface area contributed by atoms with Gasteiger partial charge in [0.25, 0.3) is 5.91 Å². The molecule has 3 aliphatic rings. The standard InChI is InChI=1S/C33H47N5O5/c1-33(2,3)25-26(35-19-22-17-21(20-11-9-12-20)18-36-30(22)42-6)27(23-13-10-15-34-29(23)37(4)5)38(28(25)32(40)41)31(39)24-14-7-8-16-43-24/h10,13,15,17-18,20,24-28,35H,7-9,11-12,14,16,19H2,1-6H3,(H,40,41)/t24?,25-,26-,27-,28-/m0/s1. The van der Waals surface area contributed by atoms with E-state index in [0.717, 1.165) is 36.8 Å². The van der Waals surface area contributed by atoms with Gasteiger partial charge in [0.05, 0.1) is 13.2 Å². The van der Waals surface area contributed by atoms with E-state index in [-0.39, 0.29) is 5.91 Å². The van der Waals surface area contributed by atoms with E-state index in [4.69, 9.17) is 9.47 Å². The lowest BCUT2D eigenvalue weighted by Crippen LogP contribution is -2.51. The molecule has 2 aromatic rings. The topological polar surface area (TPSA) is 117 Å². The number of ether oxygens (including phenoxy) is 2. The molecule has 2 saturated heterocycles. The van der Waals surface area contributed by atoms with Crippen molar-refractivity contribution in [1.82, 2.24) is 20.2 Å². The summed E-state index contributed by atoms with van der Waals surface area (Å²) in [6.07, 6.45) is 8.87. The normalized spacial score (nSPS) is 26.2. The van der Waals surface area contributed by atoms with Crippen molar-refractivity contribution in [3.8, 4) is 5.88 Å². The summed E-state index contributed by atoms with van der Waals surface area (Å²) in [5.74, 6) is 0.0521. The van der Waals surface area contributed by atoms with Crippen LogP contribution in [-0.2, 0) is 20.9 Å². The molecule has 5 rings (SSSR count). The number of carboxylic acid groups (broad SMARTS) is 1. The van der Waals surface area contributed by atoms with Crippen LogP contribution in [0.3, 0.4) is 0 Å². The number of carboxylic acids is 1. The van der Waals surface area contributed by atoms with Gasteiger partial charge in [-0.2, -0.15) is 0 Å². The molecule has 3 fully saturated rings. The Morgan fingerprint density at radius 2 is 1.93 bits per heavy atom. The second-order valence-electron chi connectivity index (χ2n) is 13.5. The average Bonchev–Trinajstić information content (AvgIpc) is 3.31. The van der Waals surface area contributed by atoms with Gasteiger partial charge in [0.1, 0.15) is 18.0 Å². The van der Waals surface area contributed by atoms with E-state index in [2.05, 4.69) is 42.1 Å². The van der Waals surface area contributed by atoms with Crippen LogP contribution in [0.1, 0.15) is 87.9 Å². The number of hydrogen-bond acceptors (Lipinski definition) is 8. The van der Waals surface area contributed by atoms with Gasteiger partial charge in [0.2, 0.25) is 5.88 Å². The number of pyridine rings is 2. The van der Waals surface area contributed by atoms with Crippen LogP contribution < -0.4 is 15.0 Å². The quantitative estimate of drug-likeness (QED) is 0.432. The van der Waals surface area contributed by atoms with Crippen LogP contribution in [0, 0.1) is 11.3 Å². The number of carbonyl (C=O) groups excluding carboxylic acids is 1. The van der Waals surface area contributed by atoms with Gasteiger partial charge in [-0.15, -0.1) is 0 Å². The summed E-state index contributed by atoms with van der Waals surface area (Å²) in [7, 11) is 5.45. The van der Waals surface area contributed by atoms with E-state index in [1.165, 1.54) is 12.0 Å². The van der Waals surface area contributed by atoms with E-state index in [1.807, 2.05) is 37.3 Å². The molecule has 0 radical (unpaired) electrons. The number of likely N-dealkylation sites (tertiary alicyclic amines) is 1. The lowest BCUT2D eigenvalue weighted by molar-refractivity contribution is -0.159. The molecule has 2 aromatic heterocycles. The van der Waals surface area contributed by atoms with Crippen molar-refractivity contribution in [2.75, 3.05) is 32.7 Å². The molecule has 1 amide bonds. The number of methoxy groups -OCH3 is 1. The first-order valence-electron chi connectivity index (χ1n) is 15.6. The number of aromatic nitrogens is 2. The monoisotopic (exact) mass is 593 g/mol. The van der Waals surface area contributed by atoms with Gasteiger partial charge in [0.15, 0.2) is 0 Å². The third-order valence-corrected chi connectivity index (χ3v) is 9.43. The fourth-order valence-corrected chi connectivity index (χ4v) is 7.19. The first-order valence-corrected chi connectivity index (χ1v) is 15.6. The first-order chi connectivity index (χ1) is 20.5. The second kappa shape index (κ2) is 12.8. The Morgan fingerprint density at radius 3 is 2.51 bits per heavy atom. The van der Waals surface area contributed by atoms with Crippen molar-refractivity contribution in [3.63, 3.8) is 0 Å². The lowest BCUT2D eigenvalue weighted by Gasteiger charge is -2.36. The van der Waals surface area contributed by atoms with E-state index >= 15 is 0 Å². The van der Waals surface area contributed by atoms with Gasteiger partial charge in [-0.3, -0.25) is 4.79 Å². The zero-order valence-corrected chi connectivity index (χ0v) is 26.4. The van der Waals surface area contributed by atoms with Gasteiger partial charge >= 0.3 is 5.97 Å². The number of hydrogen-bond donors (Lipinski definition) is 2. The molecule has 1 saturated carbocycles. The van der Waals surface area contributed by atoms with Crippen molar-refractivity contribution in [2.24, 2.45) is 11.3 Å². The molecule has 43 heavy (non-hydrogen) atoms. The minimum Gasteiger partial charge on any atom is -0.481 e. The summed E-state index contributed by atoms with van der Waals surface area (Å²) in [6, 6.07) is 3.93. The van der Waals surface area contributed by atoms with Crippen LogP contribution in [0.5, 0.6) is 5.88 Å². The summed E-state index contributed by atoms with van der Waals surface area (Å²) in [5.41, 5.74) is 2.47. The Bertz CT molecular complexity index is 1300. The Balaban J connectivity index is 1.62. The third-order valence-electron chi connectivity index (χ3n) is 9.43. The molecule has 2 N–H and O–H groups in total. The van der Waals surface area contributed by atoms with Crippen LogP contribution in [-0.4, -0.2) is 77.9 Å². The van der Waals surface area contributed by atoms with Crippen LogP contribution in [0.25, 0.3) is 0 Å². The van der Waals surface area contributed by atoms with E-state index in [9.17, 15) is 14.7 Å². The van der Waals surface area contributed by atoms with E-state index in [1.54, 1.807) is 18.2 Å². The highest BCUT2D eigenvalue weighted by atomic mass is 16.5. The maximum Gasteiger partial charge on any atom is 0.326 e. The summed E-state index contributed by atoms with van der Waals surface area (Å²) in [6.45, 7) is 7.08. The molecular formula is C33H47N5O5. The number of amides is 1. The molecule has 10 nitrogen and oxygen atoms in total. The van der Waals surface area contributed by atoms with Crippen molar-refractivity contribution < 1.29 is 24.2 Å². The van der Waals surface area contributed by atoms with Gasteiger partial charge in [0, 0.05) is 62.7 Å². The van der Waals surface area contributed by atoms with E-state index < -0.39 is 41.5 Å². The molecule has 5 atom stereocenters. The maximum absolute atomic E-state index is 14.4. The molecule has 4 heterocycles. The zero-order chi connectivity index (χ0) is 30.9. The highest BCUT2D eigenvalue weighted by molar-refractivity contribution is 5.88. The molecule has 2 aliphatic heterocycles. The number of anilines is 1. The smallest absolute Gasteiger partial charge is 0.326 e. The SMILES string of the molecule is COc1ncc(C2CCC2)cc1CN[C@H]1[C@H](C(C)(C)C)[C@@H](C(=O)O)N(C(=O)C2CCCCO2)[C@H]1c1cccnc1N(C)C. The molecule has 0 spiro atoms. The fourth-order valence-electron chi connectivity index (χ4n) is 7.19. The van der Waals surface area contributed by atoms with E-state index in [0.29, 0.717) is 37.2 Å². The Morgan fingerprint density at radius 1 is 1.16 bits per heavy atom. The van der Waals surface area contributed by atoms with Crippen LogP contribution in [0.4, 0.5) is 5.82 Å². The summed E-state index contributed by atoms with van der Waals surface area (Å²) >= 11 is 0. The third kappa shape index (κ3) is 6.22. The second-order valence-corrected chi connectivity index (χ2v) is 13.5. The Labute approximate surface area is 255 Å². The minimum absolute atomic E-state index is 0.268. The van der Waals surface area contributed by atoms with Gasteiger partial charge in [-0.25, -0.2) is 14.8 Å². The number of nitrogens with zero attached hydrogens (tertiary/aromatic N) is 4. The summed E-state index contributed by atoms with van der Waals surface area (Å²) in [5, 5.41) is 14.6. The molecule has 0 bridgehead atoms.